The summed E-state index contributed by atoms with van der Waals surface area (Å²) in [4.78, 5) is 22.4. The number of carboxylic acid groups (broad SMARTS) is 1. The van der Waals surface area contributed by atoms with E-state index in [2.05, 4.69) is 10.6 Å². The fraction of sp³-hybridized carbons (Fsp3) is 0.0625. The minimum atomic E-state index is -1.12. The van der Waals surface area contributed by atoms with Crippen LogP contribution in [0.2, 0.25) is 0 Å². The number of thiocarbonyl (C=S) groups is 1. The van der Waals surface area contributed by atoms with Gasteiger partial charge in [0.05, 0.1) is 5.56 Å². The van der Waals surface area contributed by atoms with Gasteiger partial charge in [-0.2, -0.15) is 0 Å². The van der Waals surface area contributed by atoms with Crippen molar-refractivity contribution in [3.05, 3.63) is 53.6 Å². The lowest BCUT2D eigenvalue weighted by atomic mass is 10.1. The van der Waals surface area contributed by atoms with Gasteiger partial charge in [-0.25, -0.2) is 0 Å². The third-order valence-corrected chi connectivity index (χ3v) is 3.35. The highest BCUT2D eigenvalue weighted by Gasteiger charge is 2.10. The third kappa shape index (κ3) is 4.43. The van der Waals surface area contributed by atoms with E-state index in [0.29, 0.717) is 16.8 Å². The molecule has 0 unspecified atom stereocenters. The van der Waals surface area contributed by atoms with Gasteiger partial charge in [-0.15, -0.1) is 0 Å². The molecule has 0 bridgehead atoms. The second-order valence-corrected chi connectivity index (χ2v) is 5.22. The summed E-state index contributed by atoms with van der Waals surface area (Å²) in [7, 11) is 0. The van der Waals surface area contributed by atoms with Gasteiger partial charge >= 0.3 is 5.97 Å². The molecular weight excluding hydrogens is 332 g/mol. The molecule has 7 nitrogen and oxygen atoms in total. The zero-order valence-corrected chi connectivity index (χ0v) is 13.1. The van der Waals surface area contributed by atoms with Crippen molar-refractivity contribution in [1.29, 1.82) is 0 Å². The minimum Gasteiger partial charge on any atom is -0.508 e. The van der Waals surface area contributed by atoms with E-state index in [4.69, 9.17) is 17.3 Å². The lowest BCUT2D eigenvalue weighted by Crippen LogP contribution is -2.29. The molecule has 0 saturated carbocycles. The number of hydrogen-bond acceptors (Lipinski definition) is 5. The number of hydrogen-bond donors (Lipinski definition) is 5. The average Bonchev–Trinajstić information content (AvgIpc) is 2.53. The van der Waals surface area contributed by atoms with Gasteiger partial charge in [0.25, 0.3) is 5.91 Å². The van der Waals surface area contributed by atoms with Crippen LogP contribution in [-0.2, 0) is 4.79 Å². The van der Waals surface area contributed by atoms with Gasteiger partial charge in [-0.3, -0.25) is 9.59 Å². The molecule has 0 atom stereocenters. The van der Waals surface area contributed by atoms with E-state index >= 15 is 0 Å². The third-order valence-electron chi connectivity index (χ3n) is 3.03. The van der Waals surface area contributed by atoms with Gasteiger partial charge in [-0.1, -0.05) is 12.2 Å². The van der Waals surface area contributed by atoms with Crippen LogP contribution in [0.25, 0.3) is 0 Å². The predicted molar refractivity (Wildman–Crippen MR) is 91.5 cm³/mol. The summed E-state index contributed by atoms with van der Waals surface area (Å²) < 4.78 is 0. The Bertz CT molecular complexity index is 790. The van der Waals surface area contributed by atoms with Crippen LogP contribution in [0.1, 0.15) is 15.9 Å². The number of anilines is 1. The minimum absolute atomic E-state index is 0.0734. The first kappa shape index (κ1) is 17.2. The molecule has 8 heteroatoms. The molecule has 0 aliphatic heterocycles. The lowest BCUT2D eigenvalue weighted by Gasteiger charge is -2.10. The Morgan fingerprint density at radius 1 is 1.04 bits per heavy atom. The molecule has 0 aliphatic rings. The maximum Gasteiger partial charge on any atom is 0.322 e. The molecule has 2 aromatic carbocycles. The molecule has 0 saturated heterocycles. The zero-order chi connectivity index (χ0) is 17.7. The number of nitrogens with one attached hydrogen (secondary N) is 2. The number of carboxylic acids is 1. The standard InChI is InChI=1S/C16H14N2O5S/c19-11-5-6-12(13(20)7-11)16(24)18-10-3-1-9(2-4-10)15(23)17-8-14(21)22/h1-7,19-20H,8H2,(H,17,23)(H,18,24)(H,21,22). The Hall–Kier alpha value is -3.13. The van der Waals surface area contributed by atoms with Crippen LogP contribution in [0, 0.1) is 0 Å². The molecule has 124 valence electrons. The molecule has 0 fully saturated rings. The van der Waals surface area contributed by atoms with E-state index in [1.807, 2.05) is 0 Å². The molecule has 1 amide bonds. The first-order chi connectivity index (χ1) is 11.4. The second kappa shape index (κ2) is 7.42. The van der Waals surface area contributed by atoms with Crippen molar-refractivity contribution in [1.82, 2.24) is 5.32 Å². The van der Waals surface area contributed by atoms with E-state index in [9.17, 15) is 19.8 Å². The van der Waals surface area contributed by atoms with Crippen LogP contribution in [0.3, 0.4) is 0 Å². The fourth-order valence-corrected chi connectivity index (χ4v) is 2.16. The van der Waals surface area contributed by atoms with Crippen molar-refractivity contribution < 1.29 is 24.9 Å². The van der Waals surface area contributed by atoms with Gasteiger partial charge in [0.2, 0.25) is 0 Å². The van der Waals surface area contributed by atoms with Gasteiger partial charge < -0.3 is 26.0 Å². The van der Waals surface area contributed by atoms with Crippen LogP contribution in [0.15, 0.2) is 42.5 Å². The van der Waals surface area contributed by atoms with Crippen molar-refractivity contribution in [2.24, 2.45) is 0 Å². The molecule has 24 heavy (non-hydrogen) atoms. The van der Waals surface area contributed by atoms with Crippen molar-refractivity contribution >= 4 is 34.8 Å². The van der Waals surface area contributed by atoms with Crippen LogP contribution in [0.4, 0.5) is 5.69 Å². The van der Waals surface area contributed by atoms with Crippen molar-refractivity contribution in [2.45, 2.75) is 0 Å². The SMILES string of the molecule is O=C(O)CNC(=O)c1ccc(NC(=S)c2ccc(O)cc2O)cc1. The largest absolute Gasteiger partial charge is 0.508 e. The molecule has 0 aromatic heterocycles. The van der Waals surface area contributed by atoms with Gasteiger partial charge in [-0.05, 0) is 36.4 Å². The molecule has 0 heterocycles. The van der Waals surface area contributed by atoms with Gasteiger partial charge in [0, 0.05) is 17.3 Å². The Balaban J connectivity index is 2.04. The zero-order valence-electron chi connectivity index (χ0n) is 12.3. The van der Waals surface area contributed by atoms with Crippen LogP contribution < -0.4 is 10.6 Å². The van der Waals surface area contributed by atoms with E-state index < -0.39 is 18.4 Å². The van der Waals surface area contributed by atoms with Crippen molar-refractivity contribution in [2.75, 3.05) is 11.9 Å². The van der Waals surface area contributed by atoms with E-state index in [0.717, 1.165) is 0 Å². The van der Waals surface area contributed by atoms with Crippen molar-refractivity contribution in [3.63, 3.8) is 0 Å². The molecule has 0 radical (unpaired) electrons. The number of carbonyl (C=O) groups is 2. The Morgan fingerprint density at radius 2 is 1.71 bits per heavy atom. The summed E-state index contributed by atoms with van der Waals surface area (Å²) >= 11 is 5.19. The number of benzene rings is 2. The molecule has 0 spiro atoms. The van der Waals surface area contributed by atoms with Gasteiger partial charge in [0.15, 0.2) is 0 Å². The summed E-state index contributed by atoms with van der Waals surface area (Å²) in [6.45, 7) is -0.455. The number of carbonyl (C=O) groups excluding carboxylic acids is 1. The number of phenols is 2. The number of rotatable bonds is 5. The molecule has 2 aromatic rings. The summed E-state index contributed by atoms with van der Waals surface area (Å²) in [6, 6.07) is 10.3. The monoisotopic (exact) mass is 346 g/mol. The lowest BCUT2D eigenvalue weighted by molar-refractivity contribution is -0.135. The highest BCUT2D eigenvalue weighted by molar-refractivity contribution is 7.81. The quantitative estimate of drug-likeness (QED) is 0.523. The Kier molecular flexibility index (Phi) is 5.33. The summed E-state index contributed by atoms with van der Waals surface area (Å²) in [5.41, 5.74) is 1.24. The average molecular weight is 346 g/mol. The summed E-state index contributed by atoms with van der Waals surface area (Å²) in [5.74, 6) is -1.85. The molecule has 5 N–H and O–H groups in total. The normalized spacial score (nSPS) is 10.0. The number of aliphatic carboxylic acids is 1. The summed E-state index contributed by atoms with van der Waals surface area (Å²) in [6.07, 6.45) is 0. The Labute approximate surface area is 142 Å². The fourth-order valence-electron chi connectivity index (χ4n) is 1.87. The second-order valence-electron chi connectivity index (χ2n) is 4.81. The highest BCUT2D eigenvalue weighted by atomic mass is 32.1. The molecular formula is C16H14N2O5S. The van der Waals surface area contributed by atoms with Crippen molar-refractivity contribution in [3.8, 4) is 11.5 Å². The van der Waals surface area contributed by atoms with Crippen LogP contribution in [0.5, 0.6) is 11.5 Å². The first-order valence-corrected chi connectivity index (χ1v) is 7.21. The maximum absolute atomic E-state index is 11.7. The first-order valence-electron chi connectivity index (χ1n) is 6.80. The van der Waals surface area contributed by atoms with Gasteiger partial charge in [0.1, 0.15) is 23.0 Å². The highest BCUT2D eigenvalue weighted by Crippen LogP contribution is 2.24. The summed E-state index contributed by atoms with van der Waals surface area (Å²) in [5, 5.41) is 32.7. The maximum atomic E-state index is 11.7. The van der Waals surface area contributed by atoms with Crippen LogP contribution in [-0.4, -0.2) is 38.7 Å². The van der Waals surface area contributed by atoms with E-state index in [-0.39, 0.29) is 16.5 Å². The number of phenolic OH excluding ortho intramolecular Hbond substituents is 2. The Morgan fingerprint density at radius 3 is 2.29 bits per heavy atom. The predicted octanol–water partition coefficient (Wildman–Crippen LogP) is 1.70. The van der Waals surface area contributed by atoms with E-state index in [1.165, 1.54) is 30.3 Å². The number of aromatic hydroxyl groups is 2. The topological polar surface area (TPSA) is 119 Å². The molecule has 0 aliphatic carbocycles. The number of amides is 1. The smallest absolute Gasteiger partial charge is 0.322 e. The molecule has 2 rings (SSSR count). The van der Waals surface area contributed by atoms with E-state index in [1.54, 1.807) is 12.1 Å². The van der Waals surface area contributed by atoms with Crippen LogP contribution >= 0.6 is 12.2 Å².